The molecule has 17 heavy (non-hydrogen) atoms. The minimum Gasteiger partial charge on any atom is -0.496 e. The van der Waals surface area contributed by atoms with Crippen LogP contribution in [0.3, 0.4) is 0 Å². The summed E-state index contributed by atoms with van der Waals surface area (Å²) in [4.78, 5) is 21.9. The van der Waals surface area contributed by atoms with Gasteiger partial charge in [-0.2, -0.15) is 0 Å². The Morgan fingerprint density at radius 1 is 1.41 bits per heavy atom. The van der Waals surface area contributed by atoms with Crippen molar-refractivity contribution < 1.29 is 19.4 Å². The minimum absolute atomic E-state index is 0.0580. The summed E-state index contributed by atoms with van der Waals surface area (Å²) in [5, 5.41) is 11.1. The molecule has 5 nitrogen and oxygen atoms in total. The van der Waals surface area contributed by atoms with Crippen LogP contribution in [0.5, 0.6) is 5.75 Å². The van der Waals surface area contributed by atoms with Crippen LogP contribution in [0, 0.1) is 0 Å². The van der Waals surface area contributed by atoms with E-state index >= 15 is 0 Å². The molecule has 92 valence electrons. The summed E-state index contributed by atoms with van der Waals surface area (Å²) in [6.45, 7) is 0. The van der Waals surface area contributed by atoms with E-state index in [1.165, 1.54) is 7.11 Å². The third-order valence-electron chi connectivity index (χ3n) is 2.37. The second-order valence-electron chi connectivity index (χ2n) is 3.51. The lowest BCUT2D eigenvalue weighted by atomic mass is 10.1. The molecule has 0 saturated carbocycles. The molecule has 0 bridgehead atoms. The molecule has 1 aromatic rings. The second kappa shape index (κ2) is 5.89. The molecule has 2 N–H and O–H groups in total. The van der Waals surface area contributed by atoms with Gasteiger partial charge in [0.05, 0.1) is 12.7 Å². The SMILES string of the molecule is CNC(=O)c1ccc(CCC(=O)O)cc1OC. The van der Waals surface area contributed by atoms with E-state index in [1.807, 2.05) is 0 Å². The number of carboxylic acids is 1. The van der Waals surface area contributed by atoms with Crippen LogP contribution in [0.4, 0.5) is 0 Å². The Kier molecular flexibility index (Phi) is 4.51. The Labute approximate surface area is 99.4 Å². The lowest BCUT2D eigenvalue weighted by molar-refractivity contribution is -0.136. The highest BCUT2D eigenvalue weighted by atomic mass is 16.5. The van der Waals surface area contributed by atoms with E-state index in [2.05, 4.69) is 5.32 Å². The molecule has 0 saturated heterocycles. The zero-order chi connectivity index (χ0) is 12.8. The van der Waals surface area contributed by atoms with Crippen molar-refractivity contribution in [1.29, 1.82) is 0 Å². The van der Waals surface area contributed by atoms with Crippen LogP contribution in [0.2, 0.25) is 0 Å². The van der Waals surface area contributed by atoms with Crippen molar-refractivity contribution >= 4 is 11.9 Å². The first-order valence-electron chi connectivity index (χ1n) is 5.19. The Balaban J connectivity index is 2.92. The second-order valence-corrected chi connectivity index (χ2v) is 3.51. The number of carbonyl (C=O) groups excluding carboxylic acids is 1. The van der Waals surface area contributed by atoms with E-state index in [1.54, 1.807) is 25.2 Å². The van der Waals surface area contributed by atoms with Crippen molar-refractivity contribution in [3.8, 4) is 5.75 Å². The van der Waals surface area contributed by atoms with Crippen molar-refractivity contribution in [2.75, 3.05) is 14.2 Å². The lowest BCUT2D eigenvalue weighted by Crippen LogP contribution is -2.18. The maximum absolute atomic E-state index is 11.5. The summed E-state index contributed by atoms with van der Waals surface area (Å²) in [5.74, 6) is -0.627. The van der Waals surface area contributed by atoms with Gasteiger partial charge in [0, 0.05) is 13.5 Å². The predicted octanol–water partition coefficient (Wildman–Crippen LogP) is 1.07. The molecule has 0 unspecified atom stereocenters. The number of aryl methyl sites for hydroxylation is 1. The Morgan fingerprint density at radius 2 is 2.12 bits per heavy atom. The van der Waals surface area contributed by atoms with Crippen molar-refractivity contribution in [3.63, 3.8) is 0 Å². The monoisotopic (exact) mass is 237 g/mol. The van der Waals surface area contributed by atoms with Gasteiger partial charge in [-0.25, -0.2) is 0 Å². The van der Waals surface area contributed by atoms with Gasteiger partial charge in [0.2, 0.25) is 0 Å². The molecule has 0 spiro atoms. The van der Waals surface area contributed by atoms with E-state index in [0.717, 1.165) is 5.56 Å². The van der Waals surface area contributed by atoms with Crippen LogP contribution < -0.4 is 10.1 Å². The standard InChI is InChI=1S/C12H15NO4/c1-13-12(16)9-5-3-8(4-6-11(14)15)7-10(9)17-2/h3,5,7H,4,6H2,1-2H3,(H,13,16)(H,14,15). The number of benzene rings is 1. The molecule has 0 aliphatic rings. The molecular formula is C12H15NO4. The maximum Gasteiger partial charge on any atom is 0.303 e. The van der Waals surface area contributed by atoms with E-state index in [-0.39, 0.29) is 12.3 Å². The smallest absolute Gasteiger partial charge is 0.303 e. The number of amides is 1. The zero-order valence-electron chi connectivity index (χ0n) is 9.82. The number of ether oxygens (including phenoxy) is 1. The van der Waals surface area contributed by atoms with Gasteiger partial charge in [-0.3, -0.25) is 9.59 Å². The van der Waals surface area contributed by atoms with Crippen molar-refractivity contribution in [2.24, 2.45) is 0 Å². The summed E-state index contributed by atoms with van der Waals surface area (Å²) in [6, 6.07) is 5.05. The lowest BCUT2D eigenvalue weighted by Gasteiger charge is -2.09. The molecule has 0 radical (unpaired) electrons. The van der Waals surface area contributed by atoms with Gasteiger partial charge in [0.1, 0.15) is 5.75 Å². The number of methoxy groups -OCH3 is 1. The van der Waals surface area contributed by atoms with Gasteiger partial charge in [-0.1, -0.05) is 6.07 Å². The summed E-state index contributed by atoms with van der Waals surface area (Å²) >= 11 is 0. The van der Waals surface area contributed by atoms with E-state index in [9.17, 15) is 9.59 Å². The topological polar surface area (TPSA) is 75.6 Å². The Morgan fingerprint density at radius 3 is 2.65 bits per heavy atom. The number of carboxylic acid groups (broad SMARTS) is 1. The van der Waals surface area contributed by atoms with Gasteiger partial charge < -0.3 is 15.2 Å². The molecule has 1 amide bonds. The first-order chi connectivity index (χ1) is 8.08. The fourth-order valence-electron chi connectivity index (χ4n) is 1.46. The summed E-state index contributed by atoms with van der Waals surface area (Å²) in [5.41, 5.74) is 1.27. The quantitative estimate of drug-likeness (QED) is 0.803. The average molecular weight is 237 g/mol. The molecule has 0 aliphatic carbocycles. The van der Waals surface area contributed by atoms with Gasteiger partial charge >= 0.3 is 5.97 Å². The molecule has 0 aromatic heterocycles. The minimum atomic E-state index is -0.848. The fourth-order valence-corrected chi connectivity index (χ4v) is 1.46. The summed E-state index contributed by atoms with van der Waals surface area (Å²) in [6.07, 6.45) is 0.474. The van der Waals surface area contributed by atoms with Gasteiger partial charge in [-0.15, -0.1) is 0 Å². The largest absolute Gasteiger partial charge is 0.496 e. The summed E-state index contributed by atoms with van der Waals surface area (Å²) in [7, 11) is 3.02. The normalized spacial score (nSPS) is 9.76. The molecule has 0 atom stereocenters. The number of hydrogen-bond donors (Lipinski definition) is 2. The van der Waals surface area contributed by atoms with E-state index in [0.29, 0.717) is 17.7 Å². The molecule has 0 fully saturated rings. The summed E-state index contributed by atoms with van der Waals surface area (Å²) < 4.78 is 5.11. The first kappa shape index (κ1) is 13.0. The van der Waals surface area contributed by atoms with E-state index < -0.39 is 5.97 Å². The van der Waals surface area contributed by atoms with Crippen LogP contribution in [-0.2, 0) is 11.2 Å². The van der Waals surface area contributed by atoms with Crippen molar-refractivity contribution in [1.82, 2.24) is 5.32 Å². The van der Waals surface area contributed by atoms with Crippen LogP contribution in [0.25, 0.3) is 0 Å². The van der Waals surface area contributed by atoms with Crippen molar-refractivity contribution in [3.05, 3.63) is 29.3 Å². The van der Waals surface area contributed by atoms with E-state index in [4.69, 9.17) is 9.84 Å². The van der Waals surface area contributed by atoms with Crippen LogP contribution in [-0.4, -0.2) is 31.1 Å². The highest BCUT2D eigenvalue weighted by molar-refractivity contribution is 5.96. The van der Waals surface area contributed by atoms with Gasteiger partial charge in [0.15, 0.2) is 0 Å². The number of carbonyl (C=O) groups is 2. The third kappa shape index (κ3) is 3.48. The predicted molar refractivity (Wildman–Crippen MR) is 62.3 cm³/mol. The number of aliphatic carboxylic acids is 1. The highest BCUT2D eigenvalue weighted by Crippen LogP contribution is 2.20. The molecule has 1 aromatic carbocycles. The highest BCUT2D eigenvalue weighted by Gasteiger charge is 2.11. The van der Waals surface area contributed by atoms with Gasteiger partial charge in [0.25, 0.3) is 5.91 Å². The molecular weight excluding hydrogens is 222 g/mol. The molecule has 0 heterocycles. The molecule has 1 rings (SSSR count). The molecule has 0 aliphatic heterocycles. The third-order valence-corrected chi connectivity index (χ3v) is 2.37. The fraction of sp³-hybridized carbons (Fsp3) is 0.333. The van der Waals surface area contributed by atoms with Crippen LogP contribution in [0.1, 0.15) is 22.3 Å². The van der Waals surface area contributed by atoms with Crippen LogP contribution in [0.15, 0.2) is 18.2 Å². The zero-order valence-corrected chi connectivity index (χ0v) is 9.82. The van der Waals surface area contributed by atoms with Gasteiger partial charge in [-0.05, 0) is 24.1 Å². The molecule has 5 heteroatoms. The number of nitrogens with one attached hydrogen (secondary N) is 1. The Hall–Kier alpha value is -2.04. The van der Waals surface area contributed by atoms with Crippen LogP contribution >= 0.6 is 0 Å². The van der Waals surface area contributed by atoms with Crippen molar-refractivity contribution in [2.45, 2.75) is 12.8 Å². The maximum atomic E-state index is 11.5. The first-order valence-corrected chi connectivity index (χ1v) is 5.19. The average Bonchev–Trinajstić information content (AvgIpc) is 2.34. The number of hydrogen-bond acceptors (Lipinski definition) is 3. The number of rotatable bonds is 5. The Bertz CT molecular complexity index is 429.